The van der Waals surface area contributed by atoms with Crippen molar-refractivity contribution in [2.45, 2.75) is 40.2 Å². The first-order valence-electron chi connectivity index (χ1n) is 10.4. The van der Waals surface area contributed by atoms with E-state index in [1.807, 2.05) is 45.0 Å². The summed E-state index contributed by atoms with van der Waals surface area (Å²) in [5.74, 6) is 0.854. The predicted octanol–water partition coefficient (Wildman–Crippen LogP) is 6.35. The van der Waals surface area contributed by atoms with Crippen LogP contribution >= 0.6 is 11.3 Å². The van der Waals surface area contributed by atoms with Crippen molar-refractivity contribution >= 4 is 21.4 Å². The van der Waals surface area contributed by atoms with Crippen molar-refractivity contribution in [2.75, 3.05) is 0 Å². The van der Waals surface area contributed by atoms with Crippen LogP contribution in [0.25, 0.3) is 21.2 Å². The molecule has 0 saturated heterocycles. The third-order valence-corrected chi connectivity index (χ3v) is 6.67. The van der Waals surface area contributed by atoms with Crippen LogP contribution in [0.1, 0.15) is 35.4 Å². The molecule has 2 heterocycles. The number of pyridine rings is 1. The Morgan fingerprint density at radius 1 is 1.03 bits per heavy atom. The van der Waals surface area contributed by atoms with Crippen molar-refractivity contribution in [3.63, 3.8) is 0 Å². The van der Waals surface area contributed by atoms with Gasteiger partial charge in [-0.2, -0.15) is 0 Å². The molecule has 4 aromatic rings. The second kappa shape index (κ2) is 7.87. The molecule has 166 valence electrons. The molecule has 0 unspecified atom stereocenters. The third kappa shape index (κ3) is 3.96. The van der Waals surface area contributed by atoms with Gasteiger partial charge in [0.2, 0.25) is 0 Å². The molecule has 0 spiro atoms. The van der Waals surface area contributed by atoms with Crippen molar-refractivity contribution < 1.29 is 14.2 Å². The molecule has 2 aromatic carbocycles. The molecule has 4 nitrogen and oxygen atoms in total. The first-order chi connectivity index (χ1) is 15.0. The Morgan fingerprint density at radius 2 is 1.69 bits per heavy atom. The van der Waals surface area contributed by atoms with Crippen LogP contribution in [-0.4, -0.2) is 9.67 Å². The summed E-state index contributed by atoms with van der Waals surface area (Å²) in [6.07, 6.45) is 1.81. The van der Waals surface area contributed by atoms with Gasteiger partial charge in [-0.05, 0) is 81.6 Å². The van der Waals surface area contributed by atoms with E-state index in [9.17, 15) is 14.3 Å². The van der Waals surface area contributed by atoms with Crippen LogP contribution in [0, 0.1) is 26.6 Å². The first-order valence-corrected chi connectivity index (χ1v) is 11.2. The third-order valence-electron chi connectivity index (χ3n) is 5.59. The van der Waals surface area contributed by atoms with E-state index in [1.165, 1.54) is 12.1 Å². The zero-order valence-corrected chi connectivity index (χ0v) is 19.9. The average molecular weight is 452 g/mol. The molecule has 0 aliphatic rings. The van der Waals surface area contributed by atoms with Crippen molar-refractivity contribution in [2.24, 2.45) is 7.05 Å². The number of aliphatic hydroxyl groups is 1. The smallest absolute Gasteiger partial charge is 0.259 e. The van der Waals surface area contributed by atoms with E-state index in [0.717, 1.165) is 26.3 Å². The van der Waals surface area contributed by atoms with Gasteiger partial charge in [0, 0.05) is 33.9 Å². The van der Waals surface area contributed by atoms with Gasteiger partial charge in [0.1, 0.15) is 17.3 Å². The second-order valence-electron chi connectivity index (χ2n) is 8.80. The molecular weight excluding hydrogens is 425 g/mol. The van der Waals surface area contributed by atoms with E-state index in [-0.39, 0.29) is 11.4 Å². The number of halogens is 1. The summed E-state index contributed by atoms with van der Waals surface area (Å²) in [5, 5.41) is 11.3. The highest BCUT2D eigenvalue weighted by molar-refractivity contribution is 7.19. The summed E-state index contributed by atoms with van der Waals surface area (Å²) in [4.78, 5) is 13.7. The van der Waals surface area contributed by atoms with Gasteiger partial charge in [0.25, 0.3) is 5.56 Å². The number of thiophene rings is 1. The number of hydrogen-bond donors (Lipinski definition) is 1. The van der Waals surface area contributed by atoms with E-state index >= 15 is 0 Å². The van der Waals surface area contributed by atoms with Crippen molar-refractivity contribution in [3.05, 3.63) is 80.3 Å². The Balaban J connectivity index is 2.01. The van der Waals surface area contributed by atoms with E-state index in [4.69, 9.17) is 4.74 Å². The standard InChI is InChI=1S/C26H26FNO3S/c1-14-9-18(27)10-15(2)23(14)31-22-8-7-17(26(4,5)30)12-19(22)21-13-28(6)25(29)20-11-16(3)32-24(20)21/h7-13,30H,1-6H3. The summed E-state index contributed by atoms with van der Waals surface area (Å²) in [7, 11) is 1.73. The predicted molar refractivity (Wildman–Crippen MR) is 128 cm³/mol. The Labute approximate surface area is 190 Å². The fraction of sp³-hybridized carbons (Fsp3) is 0.269. The molecule has 6 heteroatoms. The number of ether oxygens (including phenoxy) is 1. The molecule has 0 saturated carbocycles. The van der Waals surface area contributed by atoms with Gasteiger partial charge >= 0.3 is 0 Å². The fourth-order valence-electron chi connectivity index (χ4n) is 3.94. The Bertz CT molecular complexity index is 1390. The molecule has 1 N–H and O–H groups in total. The van der Waals surface area contributed by atoms with Crippen LogP contribution < -0.4 is 10.3 Å². The molecule has 0 bridgehead atoms. The lowest BCUT2D eigenvalue weighted by Gasteiger charge is -2.22. The van der Waals surface area contributed by atoms with Gasteiger partial charge in [-0.15, -0.1) is 11.3 Å². The van der Waals surface area contributed by atoms with Crippen molar-refractivity contribution in [1.29, 1.82) is 0 Å². The monoisotopic (exact) mass is 451 g/mol. The summed E-state index contributed by atoms with van der Waals surface area (Å²) in [5.41, 5.74) is 2.60. The Kier molecular flexibility index (Phi) is 5.47. The zero-order chi connectivity index (χ0) is 23.4. The van der Waals surface area contributed by atoms with Crippen molar-refractivity contribution in [3.8, 4) is 22.6 Å². The molecule has 0 radical (unpaired) electrons. The van der Waals surface area contributed by atoms with Crippen LogP contribution in [0.4, 0.5) is 4.39 Å². The lowest BCUT2D eigenvalue weighted by atomic mass is 9.93. The summed E-state index contributed by atoms with van der Waals surface area (Å²) in [6, 6.07) is 10.3. The highest BCUT2D eigenvalue weighted by Crippen LogP contribution is 2.42. The van der Waals surface area contributed by atoms with Crippen LogP contribution in [0.5, 0.6) is 11.5 Å². The molecule has 0 atom stereocenters. The highest BCUT2D eigenvalue weighted by Gasteiger charge is 2.22. The lowest BCUT2D eigenvalue weighted by Crippen LogP contribution is -2.17. The van der Waals surface area contributed by atoms with E-state index in [2.05, 4.69) is 0 Å². The van der Waals surface area contributed by atoms with E-state index in [1.54, 1.807) is 43.0 Å². The van der Waals surface area contributed by atoms with Crippen LogP contribution in [-0.2, 0) is 12.6 Å². The van der Waals surface area contributed by atoms with Gasteiger partial charge < -0.3 is 14.4 Å². The first kappa shape index (κ1) is 22.2. The number of hydrogen-bond acceptors (Lipinski definition) is 4. The molecule has 0 aliphatic carbocycles. The van der Waals surface area contributed by atoms with Gasteiger partial charge in [-0.1, -0.05) is 6.07 Å². The van der Waals surface area contributed by atoms with E-state index in [0.29, 0.717) is 28.0 Å². The molecule has 4 rings (SSSR count). The maximum atomic E-state index is 13.8. The number of fused-ring (bicyclic) bond motifs is 1. The van der Waals surface area contributed by atoms with Gasteiger partial charge in [-0.3, -0.25) is 4.79 Å². The fourth-order valence-corrected chi connectivity index (χ4v) is 4.97. The Hall–Kier alpha value is -2.96. The van der Waals surface area contributed by atoms with Gasteiger partial charge in [-0.25, -0.2) is 4.39 Å². The van der Waals surface area contributed by atoms with Crippen LogP contribution in [0.3, 0.4) is 0 Å². The zero-order valence-electron chi connectivity index (χ0n) is 19.0. The minimum atomic E-state index is -1.06. The van der Waals surface area contributed by atoms with Crippen molar-refractivity contribution in [1.82, 2.24) is 4.57 Å². The second-order valence-corrected chi connectivity index (χ2v) is 10.1. The molecular formula is C26H26FNO3S. The quantitative estimate of drug-likeness (QED) is 0.393. The summed E-state index contributed by atoms with van der Waals surface area (Å²) < 4.78 is 22.6. The number of rotatable bonds is 4. The largest absolute Gasteiger partial charge is 0.456 e. The van der Waals surface area contributed by atoms with E-state index < -0.39 is 5.60 Å². The van der Waals surface area contributed by atoms with Gasteiger partial charge in [0.15, 0.2) is 0 Å². The molecule has 2 aromatic heterocycles. The topological polar surface area (TPSA) is 51.5 Å². The maximum absolute atomic E-state index is 13.8. The number of aromatic nitrogens is 1. The lowest BCUT2D eigenvalue weighted by molar-refractivity contribution is 0.0786. The minimum Gasteiger partial charge on any atom is -0.456 e. The summed E-state index contributed by atoms with van der Waals surface area (Å²) in [6.45, 7) is 9.05. The summed E-state index contributed by atoms with van der Waals surface area (Å²) >= 11 is 1.55. The van der Waals surface area contributed by atoms with Gasteiger partial charge in [0.05, 0.1) is 11.0 Å². The minimum absolute atomic E-state index is 0.0561. The highest BCUT2D eigenvalue weighted by atomic mass is 32.1. The normalized spacial score (nSPS) is 11.9. The molecule has 32 heavy (non-hydrogen) atoms. The van der Waals surface area contributed by atoms with Crippen LogP contribution in [0.2, 0.25) is 0 Å². The number of aryl methyl sites for hydroxylation is 4. The average Bonchev–Trinajstić information content (AvgIpc) is 3.08. The maximum Gasteiger partial charge on any atom is 0.259 e. The molecule has 0 aliphatic heterocycles. The van der Waals surface area contributed by atoms with Crippen LogP contribution in [0.15, 0.2) is 47.4 Å². The Morgan fingerprint density at radius 3 is 2.31 bits per heavy atom. The number of benzene rings is 2. The molecule has 0 fully saturated rings. The molecule has 0 amide bonds. The number of nitrogens with zero attached hydrogens (tertiary/aromatic N) is 1. The SMILES string of the molecule is Cc1cc2c(=O)n(C)cc(-c3cc(C(C)(C)O)ccc3Oc3c(C)cc(F)cc3C)c2s1.